The highest BCUT2D eigenvalue weighted by molar-refractivity contribution is 6.31. The second-order valence-corrected chi connectivity index (χ2v) is 3.95. The molecule has 1 amide bonds. The van der Waals surface area contributed by atoms with Crippen molar-refractivity contribution in [2.45, 2.75) is 20.3 Å². The summed E-state index contributed by atoms with van der Waals surface area (Å²) in [6.07, 6.45) is 5.87. The summed E-state index contributed by atoms with van der Waals surface area (Å²) in [6.45, 7) is 7.45. The van der Waals surface area contributed by atoms with Crippen molar-refractivity contribution in [1.82, 2.24) is 10.3 Å². The number of allylic oxidation sites excluding steroid dienone is 2. The van der Waals surface area contributed by atoms with Crippen LogP contribution < -0.4 is 5.32 Å². The maximum Gasteiger partial charge on any atom is 0.274 e. The zero-order chi connectivity index (χ0) is 12.8. The van der Waals surface area contributed by atoms with Crippen LogP contribution in [0.4, 0.5) is 0 Å². The predicted octanol–water partition coefficient (Wildman–Crippen LogP) is 3.25. The number of rotatable bonds is 4. The quantitative estimate of drug-likeness (QED) is 0.834. The SMILES string of the molecule is C=C/C(=C\CC)NC(=O)c1cc(Cl)c(C)cn1. The van der Waals surface area contributed by atoms with E-state index in [-0.39, 0.29) is 5.91 Å². The number of nitrogens with one attached hydrogen (secondary N) is 1. The van der Waals surface area contributed by atoms with Crippen LogP contribution in [0, 0.1) is 6.92 Å². The number of aryl methyl sites for hydroxylation is 1. The van der Waals surface area contributed by atoms with Crippen LogP contribution in [0.25, 0.3) is 0 Å². The Labute approximate surface area is 106 Å². The zero-order valence-electron chi connectivity index (χ0n) is 9.96. The first-order valence-corrected chi connectivity index (χ1v) is 5.72. The molecule has 1 aromatic rings. The van der Waals surface area contributed by atoms with Crippen molar-refractivity contribution in [3.8, 4) is 0 Å². The maximum atomic E-state index is 11.8. The van der Waals surface area contributed by atoms with Gasteiger partial charge < -0.3 is 5.32 Å². The van der Waals surface area contributed by atoms with Gasteiger partial charge in [-0.25, -0.2) is 0 Å². The van der Waals surface area contributed by atoms with Gasteiger partial charge in [0, 0.05) is 16.9 Å². The maximum absolute atomic E-state index is 11.8. The fourth-order valence-corrected chi connectivity index (χ4v) is 1.38. The molecule has 3 nitrogen and oxygen atoms in total. The molecule has 90 valence electrons. The highest BCUT2D eigenvalue weighted by Crippen LogP contribution is 2.14. The first-order chi connectivity index (χ1) is 8.08. The van der Waals surface area contributed by atoms with Gasteiger partial charge in [-0.3, -0.25) is 9.78 Å². The van der Waals surface area contributed by atoms with Gasteiger partial charge in [0.1, 0.15) is 5.69 Å². The first kappa shape index (κ1) is 13.5. The molecular weight excluding hydrogens is 236 g/mol. The Hall–Kier alpha value is -1.61. The van der Waals surface area contributed by atoms with Crippen LogP contribution in [0.5, 0.6) is 0 Å². The second-order valence-electron chi connectivity index (χ2n) is 3.54. The Bertz CT molecular complexity index is 466. The van der Waals surface area contributed by atoms with Crippen molar-refractivity contribution in [3.05, 3.63) is 53.0 Å². The monoisotopic (exact) mass is 250 g/mol. The summed E-state index contributed by atoms with van der Waals surface area (Å²) in [6, 6.07) is 1.55. The van der Waals surface area contributed by atoms with Crippen molar-refractivity contribution in [1.29, 1.82) is 0 Å². The molecule has 0 saturated heterocycles. The first-order valence-electron chi connectivity index (χ1n) is 5.34. The molecule has 0 aliphatic carbocycles. The number of amides is 1. The molecule has 1 heterocycles. The molecule has 0 bridgehead atoms. The van der Waals surface area contributed by atoms with Crippen LogP contribution in [-0.2, 0) is 0 Å². The average molecular weight is 251 g/mol. The minimum atomic E-state index is -0.286. The van der Waals surface area contributed by atoms with Crippen LogP contribution >= 0.6 is 11.6 Å². The zero-order valence-corrected chi connectivity index (χ0v) is 10.7. The summed E-state index contributed by atoms with van der Waals surface area (Å²) in [4.78, 5) is 15.9. The molecule has 17 heavy (non-hydrogen) atoms. The fourth-order valence-electron chi connectivity index (χ4n) is 1.22. The van der Waals surface area contributed by atoms with E-state index in [1.165, 1.54) is 0 Å². The normalized spacial score (nSPS) is 11.1. The third kappa shape index (κ3) is 3.71. The van der Waals surface area contributed by atoms with Crippen LogP contribution in [0.2, 0.25) is 5.02 Å². The van der Waals surface area contributed by atoms with E-state index in [0.29, 0.717) is 16.4 Å². The fraction of sp³-hybridized carbons (Fsp3) is 0.231. The van der Waals surface area contributed by atoms with Crippen LogP contribution in [0.3, 0.4) is 0 Å². The van der Waals surface area contributed by atoms with Gasteiger partial charge >= 0.3 is 0 Å². The van der Waals surface area contributed by atoms with Gasteiger partial charge in [0.25, 0.3) is 5.91 Å². The van der Waals surface area contributed by atoms with Gasteiger partial charge in [0.15, 0.2) is 0 Å². The Balaban J connectivity index is 2.86. The van der Waals surface area contributed by atoms with E-state index in [0.717, 1.165) is 12.0 Å². The summed E-state index contributed by atoms with van der Waals surface area (Å²) in [7, 11) is 0. The van der Waals surface area contributed by atoms with Gasteiger partial charge in [-0.05, 0) is 31.1 Å². The minimum Gasteiger partial charge on any atom is -0.321 e. The van der Waals surface area contributed by atoms with Crippen molar-refractivity contribution >= 4 is 17.5 Å². The number of aromatic nitrogens is 1. The molecule has 0 aromatic carbocycles. The molecule has 1 aromatic heterocycles. The van der Waals surface area contributed by atoms with Gasteiger partial charge in [-0.2, -0.15) is 0 Å². The number of pyridine rings is 1. The summed E-state index contributed by atoms with van der Waals surface area (Å²) in [5, 5.41) is 3.25. The Morgan fingerprint density at radius 2 is 2.35 bits per heavy atom. The summed E-state index contributed by atoms with van der Waals surface area (Å²) in [5.41, 5.74) is 1.82. The highest BCUT2D eigenvalue weighted by Gasteiger charge is 2.09. The van der Waals surface area contributed by atoms with Crippen molar-refractivity contribution in [3.63, 3.8) is 0 Å². The van der Waals surface area contributed by atoms with E-state index >= 15 is 0 Å². The summed E-state index contributed by atoms with van der Waals surface area (Å²) < 4.78 is 0. The number of hydrogen-bond donors (Lipinski definition) is 1. The van der Waals surface area contributed by atoms with E-state index in [9.17, 15) is 4.79 Å². The van der Waals surface area contributed by atoms with Gasteiger partial charge in [-0.1, -0.05) is 31.2 Å². The standard InChI is InChI=1S/C13H15ClN2O/c1-4-6-10(5-2)16-13(17)12-7-11(14)9(3)8-15-12/h5-8H,2,4H2,1,3H3,(H,16,17)/b10-6+. The molecule has 0 radical (unpaired) electrons. The highest BCUT2D eigenvalue weighted by atomic mass is 35.5. The molecule has 0 saturated carbocycles. The van der Waals surface area contributed by atoms with Crippen LogP contribution in [0.15, 0.2) is 36.7 Å². The third-order valence-electron chi connectivity index (χ3n) is 2.17. The summed E-state index contributed by atoms with van der Waals surface area (Å²) in [5.74, 6) is -0.286. The molecule has 1 rings (SSSR count). The average Bonchev–Trinajstić information content (AvgIpc) is 2.31. The molecule has 0 atom stereocenters. The Morgan fingerprint density at radius 1 is 1.65 bits per heavy atom. The molecule has 0 aliphatic rings. The predicted molar refractivity (Wildman–Crippen MR) is 70.0 cm³/mol. The lowest BCUT2D eigenvalue weighted by atomic mass is 10.2. The van der Waals surface area contributed by atoms with Crippen LogP contribution in [-0.4, -0.2) is 10.9 Å². The largest absolute Gasteiger partial charge is 0.321 e. The number of nitrogens with zero attached hydrogens (tertiary/aromatic N) is 1. The van der Waals surface area contributed by atoms with E-state index in [2.05, 4.69) is 16.9 Å². The molecule has 0 aliphatic heterocycles. The van der Waals surface area contributed by atoms with Gasteiger partial charge in [0.2, 0.25) is 0 Å². The number of carbonyl (C=O) groups excluding carboxylic acids is 1. The number of halogens is 1. The molecule has 0 fully saturated rings. The second kappa shape index (κ2) is 6.21. The lowest BCUT2D eigenvalue weighted by molar-refractivity contribution is 0.0962. The van der Waals surface area contributed by atoms with Crippen molar-refractivity contribution in [2.75, 3.05) is 0 Å². The topological polar surface area (TPSA) is 42.0 Å². The van der Waals surface area contributed by atoms with E-state index in [1.807, 2.05) is 19.9 Å². The molecule has 0 unspecified atom stereocenters. The molecular formula is C13H15ClN2O. The smallest absolute Gasteiger partial charge is 0.274 e. The van der Waals surface area contributed by atoms with E-state index < -0.39 is 0 Å². The molecule has 0 spiro atoms. The Kier molecular flexibility index (Phi) is 4.91. The third-order valence-corrected chi connectivity index (χ3v) is 2.58. The van der Waals surface area contributed by atoms with Gasteiger partial charge in [-0.15, -0.1) is 0 Å². The van der Waals surface area contributed by atoms with Gasteiger partial charge in [0.05, 0.1) is 0 Å². The lowest BCUT2D eigenvalue weighted by Gasteiger charge is -2.06. The molecule has 1 N–H and O–H groups in total. The minimum absolute atomic E-state index is 0.286. The summed E-state index contributed by atoms with van der Waals surface area (Å²) >= 11 is 5.93. The lowest BCUT2D eigenvalue weighted by Crippen LogP contribution is -2.22. The van der Waals surface area contributed by atoms with Crippen molar-refractivity contribution in [2.24, 2.45) is 0 Å². The van der Waals surface area contributed by atoms with E-state index in [1.54, 1.807) is 18.3 Å². The van der Waals surface area contributed by atoms with E-state index in [4.69, 9.17) is 11.6 Å². The number of hydrogen-bond acceptors (Lipinski definition) is 2. The van der Waals surface area contributed by atoms with Crippen LogP contribution in [0.1, 0.15) is 29.4 Å². The number of carbonyl (C=O) groups is 1. The Morgan fingerprint density at radius 3 is 2.88 bits per heavy atom. The molecule has 4 heteroatoms. The van der Waals surface area contributed by atoms with Crippen molar-refractivity contribution < 1.29 is 4.79 Å².